The molecule has 0 bridgehead atoms. The topological polar surface area (TPSA) is 76.7 Å². The van der Waals surface area contributed by atoms with Crippen LogP contribution >= 0.6 is 0 Å². The number of halogens is 3. The van der Waals surface area contributed by atoms with E-state index in [1.165, 1.54) is 0 Å². The van der Waals surface area contributed by atoms with Gasteiger partial charge in [0.15, 0.2) is 29.0 Å². The third-order valence-corrected chi connectivity index (χ3v) is 3.53. The number of carbonyl (C=O) groups excluding carboxylic acids is 2. The number of para-hydroxylation sites is 2. The Hall–Kier alpha value is -3.23. The third-order valence-electron chi connectivity index (χ3n) is 3.53. The second-order valence-corrected chi connectivity index (χ2v) is 5.35. The molecule has 2 aromatic rings. The highest BCUT2D eigenvalue weighted by molar-refractivity contribution is 5.95. The molecular formula is C17H13F3N2O4. The first-order valence-corrected chi connectivity index (χ1v) is 7.55. The molecule has 9 heteroatoms. The Morgan fingerprint density at radius 3 is 2.54 bits per heavy atom. The number of amides is 2. The number of hydrogen-bond donors (Lipinski definition) is 2. The summed E-state index contributed by atoms with van der Waals surface area (Å²) < 4.78 is 50.3. The molecule has 0 fully saturated rings. The predicted molar refractivity (Wildman–Crippen MR) is 84.3 cm³/mol. The maximum atomic E-state index is 13.5. The maximum absolute atomic E-state index is 13.5. The Morgan fingerprint density at radius 2 is 1.77 bits per heavy atom. The summed E-state index contributed by atoms with van der Waals surface area (Å²) in [5, 5.41) is 4.35. The monoisotopic (exact) mass is 366 g/mol. The summed E-state index contributed by atoms with van der Waals surface area (Å²) in [6.45, 7) is -0.555. The summed E-state index contributed by atoms with van der Waals surface area (Å²) >= 11 is 0. The van der Waals surface area contributed by atoms with Crippen molar-refractivity contribution < 1.29 is 32.2 Å². The van der Waals surface area contributed by atoms with Crippen molar-refractivity contribution in [3.05, 3.63) is 53.8 Å². The fraction of sp³-hybridized carbons (Fsp3) is 0.176. The molecule has 0 aliphatic carbocycles. The summed E-state index contributed by atoms with van der Waals surface area (Å²) in [4.78, 5) is 23.8. The average molecular weight is 366 g/mol. The zero-order valence-corrected chi connectivity index (χ0v) is 13.2. The number of hydrogen-bond acceptors (Lipinski definition) is 4. The summed E-state index contributed by atoms with van der Waals surface area (Å²) in [5.41, 5.74) is -0.533. The standard InChI is InChI=1S/C17H13F3N2O4/c18-9-5-6-10(16(20)15(9)19)22-14(23)7-21-17(24)13-8-25-11-3-1-2-4-12(11)26-13/h1-6,13H,7-8H2,(H,21,24)(H,22,23)/t13-/m1/s1. The van der Waals surface area contributed by atoms with Crippen LogP contribution in [0.4, 0.5) is 18.9 Å². The van der Waals surface area contributed by atoms with Crippen LogP contribution in [0.25, 0.3) is 0 Å². The van der Waals surface area contributed by atoms with Crippen LogP contribution in [-0.4, -0.2) is 31.1 Å². The van der Waals surface area contributed by atoms with Gasteiger partial charge in [-0.05, 0) is 24.3 Å². The number of fused-ring (bicyclic) bond motifs is 1. The Kier molecular flexibility index (Phi) is 4.97. The maximum Gasteiger partial charge on any atom is 0.265 e. The zero-order chi connectivity index (χ0) is 18.7. The fourth-order valence-electron chi connectivity index (χ4n) is 2.25. The zero-order valence-electron chi connectivity index (χ0n) is 13.2. The lowest BCUT2D eigenvalue weighted by Gasteiger charge is -2.25. The normalized spacial score (nSPS) is 15.3. The van der Waals surface area contributed by atoms with Gasteiger partial charge in [0, 0.05) is 0 Å². The summed E-state index contributed by atoms with van der Waals surface area (Å²) in [6, 6.07) is 8.34. The summed E-state index contributed by atoms with van der Waals surface area (Å²) in [7, 11) is 0. The van der Waals surface area contributed by atoms with Crippen molar-refractivity contribution in [3.63, 3.8) is 0 Å². The molecule has 1 heterocycles. The molecule has 2 N–H and O–H groups in total. The van der Waals surface area contributed by atoms with Gasteiger partial charge in [-0.3, -0.25) is 9.59 Å². The van der Waals surface area contributed by atoms with E-state index in [1.807, 2.05) is 5.32 Å². The number of anilines is 1. The van der Waals surface area contributed by atoms with Crippen molar-refractivity contribution in [1.82, 2.24) is 5.32 Å². The van der Waals surface area contributed by atoms with Gasteiger partial charge in [-0.25, -0.2) is 13.2 Å². The molecule has 1 aliphatic heterocycles. The van der Waals surface area contributed by atoms with Crippen LogP contribution in [0, 0.1) is 17.5 Å². The molecule has 0 aromatic heterocycles. The van der Waals surface area contributed by atoms with Gasteiger partial charge < -0.3 is 20.1 Å². The van der Waals surface area contributed by atoms with Crippen molar-refractivity contribution >= 4 is 17.5 Å². The van der Waals surface area contributed by atoms with Gasteiger partial charge in [0.25, 0.3) is 5.91 Å². The van der Waals surface area contributed by atoms with Crippen LogP contribution < -0.4 is 20.1 Å². The molecule has 1 aliphatic rings. The quantitative estimate of drug-likeness (QED) is 0.812. The molecule has 136 valence electrons. The Labute approximate surface area is 145 Å². The predicted octanol–water partition coefficient (Wildman–Crippen LogP) is 2.00. The average Bonchev–Trinajstić information content (AvgIpc) is 2.66. The number of nitrogens with one attached hydrogen (secondary N) is 2. The minimum absolute atomic E-state index is 0.0394. The van der Waals surface area contributed by atoms with E-state index in [-0.39, 0.29) is 6.61 Å². The lowest BCUT2D eigenvalue weighted by molar-refractivity contribution is -0.131. The van der Waals surface area contributed by atoms with E-state index in [0.717, 1.165) is 6.07 Å². The lowest BCUT2D eigenvalue weighted by Crippen LogP contribution is -2.46. The molecule has 2 amide bonds. The van der Waals surface area contributed by atoms with Crippen LogP contribution in [0.1, 0.15) is 0 Å². The highest BCUT2D eigenvalue weighted by atomic mass is 19.2. The van der Waals surface area contributed by atoms with Crippen molar-refractivity contribution in [3.8, 4) is 11.5 Å². The van der Waals surface area contributed by atoms with Crippen LogP contribution in [0.15, 0.2) is 36.4 Å². The molecule has 6 nitrogen and oxygen atoms in total. The van der Waals surface area contributed by atoms with E-state index in [9.17, 15) is 22.8 Å². The first kappa shape index (κ1) is 17.6. The van der Waals surface area contributed by atoms with E-state index < -0.39 is 47.6 Å². The van der Waals surface area contributed by atoms with Gasteiger partial charge in [0.1, 0.15) is 6.61 Å². The molecule has 0 spiro atoms. The molecule has 0 unspecified atom stereocenters. The van der Waals surface area contributed by atoms with Crippen LogP contribution in [0.2, 0.25) is 0 Å². The summed E-state index contributed by atoms with van der Waals surface area (Å²) in [6.07, 6.45) is -0.960. The van der Waals surface area contributed by atoms with Crippen molar-refractivity contribution in [1.29, 1.82) is 0 Å². The molecule has 0 radical (unpaired) electrons. The third kappa shape index (κ3) is 3.71. The molecule has 26 heavy (non-hydrogen) atoms. The largest absolute Gasteiger partial charge is 0.485 e. The molecule has 1 atom stereocenters. The Balaban J connectivity index is 1.54. The van der Waals surface area contributed by atoms with E-state index in [4.69, 9.17) is 9.47 Å². The Bertz CT molecular complexity index is 860. The van der Waals surface area contributed by atoms with Crippen LogP contribution in [0.3, 0.4) is 0 Å². The van der Waals surface area contributed by atoms with E-state index >= 15 is 0 Å². The van der Waals surface area contributed by atoms with E-state index in [2.05, 4.69) is 5.32 Å². The van der Waals surface area contributed by atoms with Crippen molar-refractivity contribution in [2.24, 2.45) is 0 Å². The van der Waals surface area contributed by atoms with Gasteiger partial charge >= 0.3 is 0 Å². The smallest absolute Gasteiger partial charge is 0.265 e. The Morgan fingerprint density at radius 1 is 1.04 bits per heavy atom. The second-order valence-electron chi connectivity index (χ2n) is 5.35. The lowest BCUT2D eigenvalue weighted by atomic mass is 10.2. The first-order chi connectivity index (χ1) is 12.5. The van der Waals surface area contributed by atoms with Crippen molar-refractivity contribution in [2.45, 2.75) is 6.10 Å². The molecule has 0 saturated carbocycles. The highest BCUT2D eigenvalue weighted by Gasteiger charge is 2.27. The first-order valence-electron chi connectivity index (χ1n) is 7.55. The number of rotatable bonds is 4. The van der Waals surface area contributed by atoms with Gasteiger partial charge in [0.2, 0.25) is 12.0 Å². The highest BCUT2D eigenvalue weighted by Crippen LogP contribution is 2.30. The van der Waals surface area contributed by atoms with Crippen LogP contribution in [-0.2, 0) is 9.59 Å². The van der Waals surface area contributed by atoms with Crippen LogP contribution in [0.5, 0.6) is 11.5 Å². The SMILES string of the molecule is O=C(CNC(=O)[C@H]1COc2ccccc2O1)Nc1ccc(F)c(F)c1F. The fourth-order valence-corrected chi connectivity index (χ4v) is 2.25. The van der Waals surface area contributed by atoms with Gasteiger partial charge in [-0.1, -0.05) is 12.1 Å². The van der Waals surface area contributed by atoms with Gasteiger partial charge in [0.05, 0.1) is 12.2 Å². The molecular weight excluding hydrogens is 353 g/mol. The van der Waals surface area contributed by atoms with E-state index in [0.29, 0.717) is 17.6 Å². The van der Waals surface area contributed by atoms with Crippen molar-refractivity contribution in [2.75, 3.05) is 18.5 Å². The van der Waals surface area contributed by atoms with Gasteiger partial charge in [-0.15, -0.1) is 0 Å². The number of ether oxygens (including phenoxy) is 2. The molecule has 0 saturated heterocycles. The number of benzene rings is 2. The minimum Gasteiger partial charge on any atom is -0.485 e. The molecule has 3 rings (SSSR count). The second kappa shape index (κ2) is 7.34. The van der Waals surface area contributed by atoms with Gasteiger partial charge in [-0.2, -0.15) is 0 Å². The number of carbonyl (C=O) groups is 2. The summed E-state index contributed by atoms with van der Waals surface area (Å²) in [5.74, 6) is -5.12. The van der Waals surface area contributed by atoms with E-state index in [1.54, 1.807) is 24.3 Å². The minimum atomic E-state index is -1.70. The molecule has 2 aromatic carbocycles.